The van der Waals surface area contributed by atoms with Gasteiger partial charge in [-0.3, -0.25) is 9.48 Å². The summed E-state index contributed by atoms with van der Waals surface area (Å²) in [5.41, 5.74) is -4.48. The third-order valence-corrected chi connectivity index (χ3v) is 4.27. The number of aliphatic hydroxyl groups is 1. The second kappa shape index (κ2) is 5.30. The fraction of sp³-hybridized carbons (Fsp3) is 0.615. The van der Waals surface area contributed by atoms with E-state index in [1.165, 1.54) is 31.6 Å². The van der Waals surface area contributed by atoms with Crippen LogP contribution in [0.2, 0.25) is 0 Å². The molecule has 1 aliphatic heterocycles. The summed E-state index contributed by atoms with van der Waals surface area (Å²) in [5.74, 6) is -0.908. The topological polar surface area (TPSA) is 70.7 Å². The second-order valence-electron chi connectivity index (χ2n) is 6.40. The number of hydrazone groups is 1. The summed E-state index contributed by atoms with van der Waals surface area (Å²) in [7, 11) is 1.56. The van der Waals surface area contributed by atoms with Gasteiger partial charge in [-0.1, -0.05) is 20.8 Å². The van der Waals surface area contributed by atoms with E-state index >= 15 is 0 Å². The van der Waals surface area contributed by atoms with E-state index in [9.17, 15) is 23.1 Å². The zero-order chi connectivity index (χ0) is 17.8. The molecular weight excluding hydrogens is 381 g/mol. The lowest BCUT2D eigenvalue weighted by Gasteiger charge is -2.41. The molecule has 128 valence electrons. The van der Waals surface area contributed by atoms with Crippen LogP contribution in [0.4, 0.5) is 13.2 Å². The van der Waals surface area contributed by atoms with E-state index in [4.69, 9.17) is 0 Å². The van der Waals surface area contributed by atoms with Crippen LogP contribution in [0.15, 0.2) is 15.8 Å². The van der Waals surface area contributed by atoms with Crippen molar-refractivity contribution in [3.8, 4) is 0 Å². The Bertz CT molecular complexity index is 678. The standard InChI is InChI=1S/C13H16BrF3N4O2/c1-11(2,3)12(23)5-8(13(15,16)17)18-21(12)10(22)9-7(14)6-20(4)19-9/h6,23H,5H2,1-4H3. The van der Waals surface area contributed by atoms with Gasteiger partial charge in [0.1, 0.15) is 5.71 Å². The summed E-state index contributed by atoms with van der Waals surface area (Å²) in [6.45, 7) is 4.61. The Hall–Kier alpha value is -1.42. The largest absolute Gasteiger partial charge is 0.431 e. The molecule has 1 unspecified atom stereocenters. The van der Waals surface area contributed by atoms with E-state index in [0.29, 0.717) is 9.48 Å². The summed E-state index contributed by atoms with van der Waals surface area (Å²) >= 11 is 3.12. The molecule has 0 radical (unpaired) electrons. The third kappa shape index (κ3) is 3.01. The Balaban J connectivity index is 2.52. The molecule has 1 amide bonds. The van der Waals surface area contributed by atoms with Crippen LogP contribution in [0.1, 0.15) is 37.7 Å². The molecule has 6 nitrogen and oxygen atoms in total. The average Bonchev–Trinajstić information content (AvgIpc) is 2.88. The number of nitrogens with zero attached hydrogens (tertiary/aromatic N) is 4. The fourth-order valence-corrected chi connectivity index (χ4v) is 2.75. The Morgan fingerprint density at radius 1 is 1.39 bits per heavy atom. The molecular formula is C13H16BrF3N4O2. The molecule has 0 bridgehead atoms. The van der Waals surface area contributed by atoms with Gasteiger partial charge in [0.25, 0.3) is 5.91 Å². The lowest BCUT2D eigenvalue weighted by atomic mass is 9.80. The van der Waals surface area contributed by atoms with Gasteiger partial charge in [0.05, 0.1) is 4.47 Å². The van der Waals surface area contributed by atoms with Crippen molar-refractivity contribution in [2.75, 3.05) is 0 Å². The van der Waals surface area contributed by atoms with Crippen LogP contribution in [-0.2, 0) is 7.05 Å². The molecule has 0 saturated carbocycles. The van der Waals surface area contributed by atoms with Crippen LogP contribution in [0, 0.1) is 5.41 Å². The van der Waals surface area contributed by atoms with Gasteiger partial charge < -0.3 is 5.11 Å². The zero-order valence-corrected chi connectivity index (χ0v) is 14.5. The predicted molar refractivity (Wildman–Crippen MR) is 79.6 cm³/mol. The van der Waals surface area contributed by atoms with E-state index in [0.717, 1.165) is 0 Å². The van der Waals surface area contributed by atoms with Crippen molar-refractivity contribution >= 4 is 27.5 Å². The molecule has 0 saturated heterocycles. The highest BCUT2D eigenvalue weighted by Crippen LogP contribution is 2.44. The van der Waals surface area contributed by atoms with E-state index in [2.05, 4.69) is 26.1 Å². The molecule has 0 aliphatic carbocycles. The minimum absolute atomic E-state index is 0.123. The first-order valence-corrected chi connectivity index (χ1v) is 7.47. The highest BCUT2D eigenvalue weighted by molar-refractivity contribution is 9.10. The molecule has 2 heterocycles. The predicted octanol–water partition coefficient (Wildman–Crippen LogP) is 2.68. The van der Waals surface area contributed by atoms with E-state index < -0.39 is 35.4 Å². The van der Waals surface area contributed by atoms with Gasteiger partial charge in [-0.2, -0.15) is 28.4 Å². The van der Waals surface area contributed by atoms with Gasteiger partial charge in [0, 0.05) is 25.1 Å². The van der Waals surface area contributed by atoms with E-state index in [1.54, 1.807) is 7.05 Å². The number of amides is 1. The summed E-state index contributed by atoms with van der Waals surface area (Å²) in [6.07, 6.45) is -4.04. The molecule has 1 atom stereocenters. The third-order valence-electron chi connectivity index (χ3n) is 3.69. The zero-order valence-electron chi connectivity index (χ0n) is 12.9. The average molecular weight is 397 g/mol. The van der Waals surface area contributed by atoms with Crippen LogP contribution in [0.5, 0.6) is 0 Å². The van der Waals surface area contributed by atoms with Crippen molar-refractivity contribution in [1.29, 1.82) is 0 Å². The second-order valence-corrected chi connectivity index (χ2v) is 7.26. The van der Waals surface area contributed by atoms with Crippen molar-refractivity contribution in [2.45, 2.75) is 39.1 Å². The Morgan fingerprint density at radius 3 is 2.35 bits per heavy atom. The number of halogens is 4. The van der Waals surface area contributed by atoms with Crippen LogP contribution < -0.4 is 0 Å². The fourth-order valence-electron chi connectivity index (χ4n) is 2.21. The highest BCUT2D eigenvalue weighted by Gasteiger charge is 2.57. The van der Waals surface area contributed by atoms with Crippen LogP contribution >= 0.6 is 15.9 Å². The lowest BCUT2D eigenvalue weighted by molar-refractivity contribution is -0.144. The van der Waals surface area contributed by atoms with Crippen molar-refractivity contribution < 1.29 is 23.1 Å². The van der Waals surface area contributed by atoms with Crippen molar-refractivity contribution in [1.82, 2.24) is 14.8 Å². The van der Waals surface area contributed by atoms with Gasteiger partial charge >= 0.3 is 6.18 Å². The number of aromatic nitrogens is 2. The number of aryl methyl sites for hydroxylation is 1. The first-order valence-electron chi connectivity index (χ1n) is 6.68. The Labute approximate surface area is 139 Å². The van der Waals surface area contributed by atoms with Gasteiger partial charge in [-0.25, -0.2) is 0 Å². The first-order chi connectivity index (χ1) is 10.3. The van der Waals surface area contributed by atoms with Crippen LogP contribution in [0.3, 0.4) is 0 Å². The number of hydrogen-bond acceptors (Lipinski definition) is 4. The SMILES string of the molecule is Cn1cc(Br)c(C(=O)N2N=C(C(F)(F)F)CC2(O)C(C)(C)C)n1. The molecule has 1 aliphatic rings. The number of alkyl halides is 3. The maximum Gasteiger partial charge on any atom is 0.431 e. The highest BCUT2D eigenvalue weighted by atomic mass is 79.9. The minimum Gasteiger partial charge on any atom is -0.368 e. The van der Waals surface area contributed by atoms with E-state index in [1.807, 2.05) is 0 Å². The monoisotopic (exact) mass is 396 g/mol. The summed E-state index contributed by atoms with van der Waals surface area (Å²) < 4.78 is 40.7. The van der Waals surface area contributed by atoms with Gasteiger partial charge in [-0.15, -0.1) is 0 Å². The molecule has 0 spiro atoms. The van der Waals surface area contributed by atoms with Crippen LogP contribution in [-0.4, -0.2) is 43.4 Å². The number of carbonyl (C=O) groups excluding carboxylic acids is 1. The van der Waals surface area contributed by atoms with Gasteiger partial charge in [-0.05, 0) is 15.9 Å². The number of carbonyl (C=O) groups is 1. The molecule has 0 fully saturated rings. The molecule has 1 aromatic rings. The quantitative estimate of drug-likeness (QED) is 0.792. The first kappa shape index (κ1) is 17.9. The van der Waals surface area contributed by atoms with Crippen LogP contribution in [0.25, 0.3) is 0 Å². The molecule has 1 aromatic heterocycles. The Morgan fingerprint density at radius 2 is 1.96 bits per heavy atom. The summed E-state index contributed by atoms with van der Waals surface area (Å²) in [5, 5.41) is 18.5. The molecule has 1 N–H and O–H groups in total. The maximum atomic E-state index is 13.0. The molecule has 0 aromatic carbocycles. The van der Waals surface area contributed by atoms with Gasteiger partial charge in [0.15, 0.2) is 11.4 Å². The van der Waals surface area contributed by atoms with Crippen molar-refractivity contribution in [3.63, 3.8) is 0 Å². The smallest absolute Gasteiger partial charge is 0.368 e. The normalized spacial score (nSPS) is 22.5. The minimum atomic E-state index is -4.73. The number of hydrogen-bond donors (Lipinski definition) is 1. The molecule has 10 heteroatoms. The maximum absolute atomic E-state index is 13.0. The van der Waals surface area contributed by atoms with Crippen molar-refractivity contribution in [3.05, 3.63) is 16.4 Å². The summed E-state index contributed by atoms with van der Waals surface area (Å²) in [4.78, 5) is 12.6. The molecule has 23 heavy (non-hydrogen) atoms. The lowest BCUT2D eigenvalue weighted by Crippen LogP contribution is -2.55. The molecule has 2 rings (SSSR count). The Kier molecular flexibility index (Phi) is 4.13. The van der Waals surface area contributed by atoms with E-state index in [-0.39, 0.29) is 5.69 Å². The number of rotatable bonds is 1. The van der Waals surface area contributed by atoms with Gasteiger partial charge in [0.2, 0.25) is 0 Å². The summed E-state index contributed by atoms with van der Waals surface area (Å²) in [6, 6.07) is 0. The van der Waals surface area contributed by atoms with Crippen molar-refractivity contribution in [2.24, 2.45) is 17.6 Å².